The maximum Gasteiger partial charge on any atom is 0.117 e. The van der Waals surface area contributed by atoms with Crippen LogP contribution < -0.4 is 11.1 Å². The van der Waals surface area contributed by atoms with Crippen LogP contribution >= 0.6 is 11.5 Å². The molecule has 3 N–H and O–H groups in total. The third kappa shape index (κ3) is 1.68. The van der Waals surface area contributed by atoms with Gasteiger partial charge in [0.25, 0.3) is 0 Å². The first-order chi connectivity index (χ1) is 7.77. The van der Waals surface area contributed by atoms with Crippen LogP contribution in [-0.4, -0.2) is 16.5 Å². The first-order valence-corrected chi connectivity index (χ1v) is 6.41. The van der Waals surface area contributed by atoms with Gasteiger partial charge in [-0.1, -0.05) is 12.1 Å². The summed E-state index contributed by atoms with van der Waals surface area (Å²) in [7, 11) is 0. The van der Waals surface area contributed by atoms with Gasteiger partial charge in [-0.05, 0) is 42.9 Å². The molecular formula is C12H15N3S. The molecule has 0 spiro atoms. The van der Waals surface area contributed by atoms with Crippen LogP contribution in [0.2, 0.25) is 0 Å². The quantitative estimate of drug-likeness (QED) is 0.856. The Morgan fingerprint density at radius 3 is 2.94 bits per heavy atom. The van der Waals surface area contributed by atoms with Crippen molar-refractivity contribution in [2.75, 3.05) is 11.9 Å². The topological polar surface area (TPSA) is 50.9 Å². The van der Waals surface area contributed by atoms with E-state index in [-0.39, 0.29) is 5.54 Å². The Morgan fingerprint density at radius 1 is 1.38 bits per heavy atom. The van der Waals surface area contributed by atoms with E-state index in [4.69, 9.17) is 5.73 Å². The third-order valence-corrected chi connectivity index (χ3v) is 4.17. The number of nitrogens with zero attached hydrogens (tertiary/aromatic N) is 1. The maximum atomic E-state index is 6.19. The number of anilines is 1. The zero-order valence-electron chi connectivity index (χ0n) is 9.07. The third-order valence-electron chi connectivity index (χ3n) is 3.33. The number of hydrogen-bond acceptors (Lipinski definition) is 4. The number of rotatable bonds is 3. The van der Waals surface area contributed by atoms with Crippen LogP contribution in [0.1, 0.15) is 19.3 Å². The van der Waals surface area contributed by atoms with Crippen LogP contribution in [0.5, 0.6) is 0 Å². The van der Waals surface area contributed by atoms with Crippen molar-refractivity contribution in [2.24, 2.45) is 5.73 Å². The smallest absolute Gasteiger partial charge is 0.117 e. The second kappa shape index (κ2) is 3.71. The fourth-order valence-electron chi connectivity index (χ4n) is 2.08. The second-order valence-electron chi connectivity index (χ2n) is 4.60. The van der Waals surface area contributed by atoms with Crippen LogP contribution in [-0.2, 0) is 0 Å². The van der Waals surface area contributed by atoms with Gasteiger partial charge in [-0.2, -0.15) is 4.37 Å². The Kier molecular flexibility index (Phi) is 2.33. The van der Waals surface area contributed by atoms with Crippen molar-refractivity contribution < 1.29 is 0 Å². The minimum Gasteiger partial charge on any atom is -0.373 e. The predicted molar refractivity (Wildman–Crippen MR) is 68.9 cm³/mol. The Hall–Kier alpha value is -1.13. The fourth-order valence-corrected chi connectivity index (χ4v) is 2.84. The minimum atomic E-state index is 0.0189. The summed E-state index contributed by atoms with van der Waals surface area (Å²) in [5.74, 6) is 0. The number of benzene rings is 1. The number of fused-ring (bicyclic) bond motifs is 1. The number of nitrogens with one attached hydrogen (secondary N) is 1. The summed E-state index contributed by atoms with van der Waals surface area (Å²) < 4.78 is 4.40. The highest BCUT2D eigenvalue weighted by molar-refractivity contribution is 7.11. The van der Waals surface area contributed by atoms with E-state index in [1.807, 2.05) is 18.2 Å². The molecule has 0 radical (unpaired) electrons. The first kappa shape index (κ1) is 10.1. The van der Waals surface area contributed by atoms with Crippen LogP contribution in [0.25, 0.3) is 10.9 Å². The summed E-state index contributed by atoms with van der Waals surface area (Å²) >= 11 is 1.52. The Morgan fingerprint density at radius 2 is 2.19 bits per heavy atom. The zero-order valence-corrected chi connectivity index (χ0v) is 9.89. The van der Waals surface area contributed by atoms with E-state index in [0.717, 1.165) is 29.9 Å². The van der Waals surface area contributed by atoms with Gasteiger partial charge in [0.15, 0.2) is 0 Å². The zero-order chi connectivity index (χ0) is 11.0. The van der Waals surface area contributed by atoms with Gasteiger partial charge in [-0.25, -0.2) is 0 Å². The Labute approximate surface area is 98.8 Å². The van der Waals surface area contributed by atoms with E-state index in [0.29, 0.717) is 0 Å². The molecule has 0 atom stereocenters. The van der Waals surface area contributed by atoms with E-state index >= 15 is 0 Å². The van der Waals surface area contributed by atoms with Gasteiger partial charge in [0.1, 0.15) is 5.00 Å². The largest absolute Gasteiger partial charge is 0.373 e. The van der Waals surface area contributed by atoms with Crippen LogP contribution in [0.4, 0.5) is 5.00 Å². The van der Waals surface area contributed by atoms with Gasteiger partial charge in [0.2, 0.25) is 0 Å². The molecule has 1 aliphatic carbocycles. The lowest BCUT2D eigenvalue weighted by Gasteiger charge is -2.38. The highest BCUT2D eigenvalue weighted by Crippen LogP contribution is 2.32. The summed E-state index contributed by atoms with van der Waals surface area (Å²) in [5, 5.41) is 5.79. The Bertz CT molecular complexity index is 502. The molecule has 3 rings (SSSR count). The molecule has 1 saturated carbocycles. The highest BCUT2D eigenvalue weighted by Gasteiger charge is 2.32. The fraction of sp³-hybridized carbons (Fsp3) is 0.417. The van der Waals surface area contributed by atoms with Gasteiger partial charge in [0, 0.05) is 17.5 Å². The summed E-state index contributed by atoms with van der Waals surface area (Å²) in [6, 6.07) is 8.20. The molecule has 1 aliphatic rings. The molecule has 0 amide bonds. The molecule has 1 fully saturated rings. The standard InChI is InChI=1S/C12H15N3S/c13-12(6-3-7-12)8-14-11-9-4-1-2-5-10(9)15-16-11/h1-2,4-5,14H,3,6-8,13H2. The van der Waals surface area contributed by atoms with Crippen molar-refractivity contribution in [1.82, 2.24) is 4.37 Å². The molecular weight excluding hydrogens is 218 g/mol. The predicted octanol–water partition coefficient (Wildman–Crippen LogP) is 2.59. The van der Waals surface area contributed by atoms with E-state index < -0.39 is 0 Å². The summed E-state index contributed by atoms with van der Waals surface area (Å²) in [6.45, 7) is 0.860. The van der Waals surface area contributed by atoms with Crippen molar-refractivity contribution in [3.05, 3.63) is 24.3 Å². The van der Waals surface area contributed by atoms with Crippen molar-refractivity contribution in [1.29, 1.82) is 0 Å². The minimum absolute atomic E-state index is 0.0189. The van der Waals surface area contributed by atoms with Gasteiger partial charge >= 0.3 is 0 Å². The SMILES string of the molecule is NC1(CNc2snc3ccccc23)CCC1. The molecule has 4 heteroatoms. The average Bonchev–Trinajstić information content (AvgIpc) is 2.67. The van der Waals surface area contributed by atoms with Gasteiger partial charge in [-0.15, -0.1) is 0 Å². The number of nitrogens with two attached hydrogens (primary N) is 1. The molecule has 1 aromatic heterocycles. The van der Waals surface area contributed by atoms with Gasteiger partial charge in [-0.3, -0.25) is 0 Å². The normalized spacial score (nSPS) is 18.3. The summed E-state index contributed by atoms with van der Waals surface area (Å²) in [6.07, 6.45) is 3.54. The van der Waals surface area contributed by atoms with E-state index in [2.05, 4.69) is 15.8 Å². The van der Waals surface area contributed by atoms with Gasteiger partial charge in [0.05, 0.1) is 5.52 Å². The highest BCUT2D eigenvalue weighted by atomic mass is 32.1. The van der Waals surface area contributed by atoms with Crippen molar-refractivity contribution in [2.45, 2.75) is 24.8 Å². The molecule has 0 unspecified atom stereocenters. The van der Waals surface area contributed by atoms with Crippen molar-refractivity contribution >= 4 is 27.4 Å². The summed E-state index contributed by atoms with van der Waals surface area (Å²) in [4.78, 5) is 0. The van der Waals surface area contributed by atoms with Crippen LogP contribution in [0.15, 0.2) is 24.3 Å². The monoisotopic (exact) mass is 233 g/mol. The summed E-state index contributed by atoms with van der Waals surface area (Å²) in [5.41, 5.74) is 7.27. The molecule has 1 heterocycles. The molecule has 16 heavy (non-hydrogen) atoms. The molecule has 0 bridgehead atoms. The van der Waals surface area contributed by atoms with E-state index in [1.165, 1.54) is 23.3 Å². The van der Waals surface area contributed by atoms with Crippen molar-refractivity contribution in [3.63, 3.8) is 0 Å². The lowest BCUT2D eigenvalue weighted by Crippen LogP contribution is -2.51. The van der Waals surface area contributed by atoms with Crippen LogP contribution in [0, 0.1) is 0 Å². The van der Waals surface area contributed by atoms with Gasteiger partial charge < -0.3 is 11.1 Å². The first-order valence-electron chi connectivity index (χ1n) is 5.64. The van der Waals surface area contributed by atoms with E-state index in [9.17, 15) is 0 Å². The second-order valence-corrected chi connectivity index (χ2v) is 5.37. The average molecular weight is 233 g/mol. The lowest BCUT2D eigenvalue weighted by atomic mass is 9.78. The number of aromatic nitrogens is 1. The molecule has 3 nitrogen and oxygen atoms in total. The van der Waals surface area contributed by atoms with Crippen LogP contribution in [0.3, 0.4) is 0 Å². The maximum absolute atomic E-state index is 6.19. The van der Waals surface area contributed by atoms with Crippen molar-refractivity contribution in [3.8, 4) is 0 Å². The molecule has 84 valence electrons. The number of hydrogen-bond donors (Lipinski definition) is 2. The Balaban J connectivity index is 1.79. The van der Waals surface area contributed by atoms with E-state index in [1.54, 1.807) is 0 Å². The lowest BCUT2D eigenvalue weighted by molar-refractivity contribution is 0.265. The molecule has 2 aromatic rings. The molecule has 1 aromatic carbocycles. The molecule has 0 aliphatic heterocycles. The molecule has 0 saturated heterocycles.